The monoisotopic (exact) mass is 360 g/mol. The van der Waals surface area contributed by atoms with Crippen LogP contribution >= 0.6 is 0 Å². The van der Waals surface area contributed by atoms with E-state index in [4.69, 9.17) is 0 Å². The van der Waals surface area contributed by atoms with E-state index in [-0.39, 0.29) is 17.1 Å². The molecule has 2 aromatic heterocycles. The van der Waals surface area contributed by atoms with Crippen LogP contribution in [0.3, 0.4) is 0 Å². The lowest BCUT2D eigenvalue weighted by Crippen LogP contribution is -2.56. The third kappa shape index (κ3) is 2.28. The number of carbonyl (C=O) groups excluding carboxylic acids is 2. The molecule has 1 N–H and O–H groups in total. The zero-order valence-corrected chi connectivity index (χ0v) is 14.4. The van der Waals surface area contributed by atoms with Crippen molar-refractivity contribution in [2.45, 2.75) is 37.8 Å². The Morgan fingerprint density at radius 2 is 2.04 bits per heavy atom. The minimum absolute atomic E-state index is 0.151. The van der Waals surface area contributed by atoms with Gasteiger partial charge in [0.2, 0.25) is 5.91 Å². The fourth-order valence-electron chi connectivity index (χ4n) is 3.96. The van der Waals surface area contributed by atoms with E-state index in [2.05, 4.69) is 9.97 Å². The van der Waals surface area contributed by atoms with Gasteiger partial charge in [0.05, 0.1) is 12.4 Å². The number of nitrogens with one attached hydrogen (secondary N) is 1. The molecular weight excluding hydrogens is 340 g/mol. The fraction of sp³-hybridized carbons (Fsp3) is 0.562. The minimum Gasteiger partial charge on any atom is -0.339 e. The normalized spacial score (nSPS) is 23.1. The summed E-state index contributed by atoms with van der Waals surface area (Å²) < 4.78 is 2.32. The molecule has 2 aliphatic heterocycles. The molecule has 0 unspecified atom stereocenters. The van der Waals surface area contributed by atoms with E-state index in [9.17, 15) is 19.2 Å². The highest BCUT2D eigenvalue weighted by Gasteiger charge is 2.39. The number of nitrogens with zero attached hydrogens (tertiary/aromatic N) is 5. The third-order valence-electron chi connectivity index (χ3n) is 5.31. The van der Waals surface area contributed by atoms with Gasteiger partial charge in [0.15, 0.2) is 11.2 Å². The van der Waals surface area contributed by atoms with Crippen molar-refractivity contribution in [3.8, 4) is 0 Å². The van der Waals surface area contributed by atoms with Crippen LogP contribution in [-0.4, -0.2) is 61.5 Å². The molecular formula is C16H20N6O4. The molecule has 2 aromatic rings. The predicted octanol–water partition coefficient (Wildman–Crippen LogP) is -1.29. The first-order chi connectivity index (χ1) is 12.5. The lowest BCUT2D eigenvalue weighted by atomic mass is 10.2. The first kappa shape index (κ1) is 16.6. The number of hydrogen-bond acceptors (Lipinski definition) is 6. The number of imidazole rings is 1. The van der Waals surface area contributed by atoms with E-state index in [1.54, 1.807) is 9.91 Å². The van der Waals surface area contributed by atoms with Crippen LogP contribution in [0.25, 0.3) is 11.2 Å². The van der Waals surface area contributed by atoms with Crippen molar-refractivity contribution >= 4 is 23.4 Å². The quantitative estimate of drug-likeness (QED) is 0.682. The number of aromatic amines is 1. The summed E-state index contributed by atoms with van der Waals surface area (Å²) in [5.74, 6) is -0.151. The van der Waals surface area contributed by atoms with Gasteiger partial charge in [-0.05, 0) is 25.7 Å². The van der Waals surface area contributed by atoms with E-state index in [1.165, 1.54) is 18.1 Å². The summed E-state index contributed by atoms with van der Waals surface area (Å²) in [4.78, 5) is 57.8. The lowest BCUT2D eigenvalue weighted by Gasteiger charge is -2.31. The molecule has 0 aliphatic carbocycles. The third-order valence-corrected chi connectivity index (χ3v) is 5.31. The summed E-state index contributed by atoms with van der Waals surface area (Å²) in [7, 11) is 1.40. The summed E-state index contributed by atoms with van der Waals surface area (Å²) in [6.45, 7) is 1.04. The minimum atomic E-state index is -0.550. The molecule has 1 amide bonds. The molecule has 0 radical (unpaired) electrons. The highest BCUT2D eigenvalue weighted by molar-refractivity contribution is 5.87. The Labute approximate surface area is 148 Å². The lowest BCUT2D eigenvalue weighted by molar-refractivity contribution is -0.135. The molecule has 2 aliphatic rings. The maximum Gasteiger partial charge on any atom is 0.351 e. The smallest absolute Gasteiger partial charge is 0.339 e. The zero-order chi connectivity index (χ0) is 18.4. The first-order valence-corrected chi connectivity index (χ1v) is 8.72. The maximum absolute atomic E-state index is 13.1. The van der Waals surface area contributed by atoms with E-state index in [0.717, 1.165) is 23.7 Å². The average Bonchev–Trinajstić information content (AvgIpc) is 3.38. The van der Waals surface area contributed by atoms with Gasteiger partial charge in [-0.1, -0.05) is 0 Å². The number of H-pyrrole nitrogens is 1. The molecule has 10 heteroatoms. The van der Waals surface area contributed by atoms with Crippen LogP contribution in [0.15, 0.2) is 15.9 Å². The Morgan fingerprint density at radius 1 is 1.27 bits per heavy atom. The first-order valence-electron chi connectivity index (χ1n) is 8.72. The van der Waals surface area contributed by atoms with Crippen LogP contribution in [0.1, 0.15) is 25.7 Å². The van der Waals surface area contributed by atoms with Crippen molar-refractivity contribution in [1.29, 1.82) is 0 Å². The van der Waals surface area contributed by atoms with Crippen molar-refractivity contribution in [1.82, 2.24) is 24.1 Å². The predicted molar refractivity (Wildman–Crippen MR) is 92.5 cm³/mol. The molecule has 0 spiro atoms. The van der Waals surface area contributed by atoms with E-state index < -0.39 is 23.3 Å². The summed E-state index contributed by atoms with van der Waals surface area (Å²) in [6.07, 6.45) is 4.96. The Kier molecular flexibility index (Phi) is 3.89. The van der Waals surface area contributed by atoms with E-state index in [1.807, 2.05) is 0 Å². The molecule has 26 heavy (non-hydrogen) atoms. The average molecular weight is 360 g/mol. The molecule has 2 atom stereocenters. The van der Waals surface area contributed by atoms with Gasteiger partial charge in [-0.25, -0.2) is 9.78 Å². The van der Waals surface area contributed by atoms with Gasteiger partial charge in [0.25, 0.3) is 5.56 Å². The topological polar surface area (TPSA) is 113 Å². The van der Waals surface area contributed by atoms with Gasteiger partial charge in [-0.2, -0.15) is 4.68 Å². The second-order valence-electron chi connectivity index (χ2n) is 6.76. The van der Waals surface area contributed by atoms with Crippen molar-refractivity contribution in [2.24, 2.45) is 7.05 Å². The Balaban J connectivity index is 1.78. The van der Waals surface area contributed by atoms with Gasteiger partial charge in [-0.3, -0.25) is 19.2 Å². The number of carbonyl (C=O) groups is 2. The zero-order valence-electron chi connectivity index (χ0n) is 14.4. The van der Waals surface area contributed by atoms with Crippen LogP contribution < -0.4 is 16.3 Å². The second-order valence-corrected chi connectivity index (χ2v) is 6.76. The fourth-order valence-corrected chi connectivity index (χ4v) is 3.96. The Bertz CT molecular complexity index is 989. The molecule has 0 aromatic carbocycles. The van der Waals surface area contributed by atoms with Gasteiger partial charge in [0, 0.05) is 20.1 Å². The van der Waals surface area contributed by atoms with Crippen LogP contribution in [0.2, 0.25) is 0 Å². The summed E-state index contributed by atoms with van der Waals surface area (Å²) in [5.41, 5.74) is -0.563. The summed E-state index contributed by atoms with van der Waals surface area (Å²) >= 11 is 0. The standard InChI is InChI=1S/C16H20N6O4/c1-19-15(25)12-13(18-9-17-12)22(16(19)26)21-7-3-5-11(21)14(24)20-6-2-4-10(20)8-23/h8-11H,2-7H2,1H3,(H,17,18)/t10-,11+/m1/s1. The molecule has 138 valence electrons. The van der Waals surface area contributed by atoms with Gasteiger partial charge < -0.3 is 14.7 Å². The molecule has 4 rings (SSSR count). The van der Waals surface area contributed by atoms with Crippen molar-refractivity contribution in [2.75, 3.05) is 18.1 Å². The molecule has 2 saturated heterocycles. The number of amides is 1. The highest BCUT2D eigenvalue weighted by atomic mass is 16.2. The SMILES string of the molecule is Cn1c(=O)c2[nH]cnc2n(N2CCC[C@H]2C(=O)N2CCC[C@@H]2C=O)c1=O. The van der Waals surface area contributed by atoms with Crippen LogP contribution in [-0.2, 0) is 16.6 Å². The van der Waals surface area contributed by atoms with Crippen LogP contribution in [0, 0.1) is 0 Å². The number of aldehydes is 1. The largest absolute Gasteiger partial charge is 0.351 e. The molecule has 2 fully saturated rings. The number of rotatable bonds is 3. The Hall–Kier alpha value is -2.91. The van der Waals surface area contributed by atoms with Crippen LogP contribution in [0.4, 0.5) is 0 Å². The van der Waals surface area contributed by atoms with Gasteiger partial charge in [-0.15, -0.1) is 0 Å². The molecule has 0 saturated carbocycles. The molecule has 10 nitrogen and oxygen atoms in total. The number of likely N-dealkylation sites (tertiary alicyclic amines) is 1. The Morgan fingerprint density at radius 3 is 2.81 bits per heavy atom. The van der Waals surface area contributed by atoms with Crippen molar-refractivity contribution in [3.63, 3.8) is 0 Å². The maximum atomic E-state index is 13.1. The summed E-state index contributed by atoms with van der Waals surface area (Å²) in [5, 5.41) is 1.67. The van der Waals surface area contributed by atoms with E-state index in [0.29, 0.717) is 25.9 Å². The number of fused-ring (bicyclic) bond motifs is 1. The number of hydrogen-bond donors (Lipinski definition) is 1. The van der Waals surface area contributed by atoms with Gasteiger partial charge >= 0.3 is 5.69 Å². The van der Waals surface area contributed by atoms with Crippen molar-refractivity contribution < 1.29 is 9.59 Å². The van der Waals surface area contributed by atoms with E-state index >= 15 is 0 Å². The second kappa shape index (κ2) is 6.11. The van der Waals surface area contributed by atoms with Gasteiger partial charge in [0.1, 0.15) is 12.3 Å². The van der Waals surface area contributed by atoms with Crippen molar-refractivity contribution in [3.05, 3.63) is 27.2 Å². The number of aromatic nitrogens is 4. The molecule has 4 heterocycles. The summed E-state index contributed by atoms with van der Waals surface area (Å²) in [6, 6.07) is -0.946. The highest BCUT2D eigenvalue weighted by Crippen LogP contribution is 2.23. The van der Waals surface area contributed by atoms with Crippen LogP contribution in [0.5, 0.6) is 0 Å². The molecule has 0 bridgehead atoms.